The first-order valence-corrected chi connectivity index (χ1v) is 15.3. The van der Waals surface area contributed by atoms with Crippen LogP contribution in [0.4, 0.5) is 11.6 Å². The molecule has 240 valence electrons. The Balaban J connectivity index is 1.26. The molecule has 0 radical (unpaired) electrons. The van der Waals surface area contributed by atoms with Gasteiger partial charge in [-0.2, -0.15) is 0 Å². The molecule has 0 unspecified atom stereocenters. The number of rotatable bonds is 9. The molecule has 47 heavy (non-hydrogen) atoms. The smallest absolute Gasteiger partial charge is 0.262 e. The molecule has 0 atom stereocenters. The molecule has 3 aromatic heterocycles. The number of nitrogen functional groups attached to an aromatic ring is 1. The number of nitrogens with one attached hydrogen (secondary N) is 1. The highest BCUT2D eigenvalue weighted by molar-refractivity contribution is 6.04. The Kier molecular flexibility index (Phi) is 9.25. The molecule has 1 fully saturated rings. The molecule has 1 amide bonds. The van der Waals surface area contributed by atoms with Crippen molar-refractivity contribution in [1.82, 2.24) is 19.5 Å². The van der Waals surface area contributed by atoms with Crippen molar-refractivity contribution in [2.75, 3.05) is 38.5 Å². The van der Waals surface area contributed by atoms with Crippen molar-refractivity contribution >= 4 is 17.5 Å². The first kappa shape index (κ1) is 31.4. The second-order valence-corrected chi connectivity index (χ2v) is 11.5. The van der Waals surface area contributed by atoms with Gasteiger partial charge in [0.15, 0.2) is 17.3 Å². The molecular weight excluding hydrogens is 596 g/mol. The summed E-state index contributed by atoms with van der Waals surface area (Å²) in [4.78, 5) is 40.5. The van der Waals surface area contributed by atoms with Crippen LogP contribution in [-0.2, 0) is 11.3 Å². The van der Waals surface area contributed by atoms with Gasteiger partial charge in [0, 0.05) is 55.0 Å². The number of aryl methyl sites for hydroxylation is 1. The summed E-state index contributed by atoms with van der Waals surface area (Å²) in [5, 5.41) is 2.75. The fourth-order valence-corrected chi connectivity index (χ4v) is 5.63. The summed E-state index contributed by atoms with van der Waals surface area (Å²) < 4.78 is 18.3. The highest BCUT2D eigenvalue weighted by Crippen LogP contribution is 2.34. The minimum Gasteiger partial charge on any atom is -0.493 e. The van der Waals surface area contributed by atoms with Gasteiger partial charge in [0.05, 0.1) is 32.3 Å². The average Bonchev–Trinajstić information content (AvgIpc) is 3.10. The molecule has 1 saturated heterocycles. The monoisotopic (exact) mass is 632 g/mol. The van der Waals surface area contributed by atoms with Gasteiger partial charge in [0.1, 0.15) is 11.4 Å². The Morgan fingerprint density at radius 1 is 0.894 bits per heavy atom. The minimum atomic E-state index is -0.566. The lowest BCUT2D eigenvalue weighted by atomic mass is 9.99. The van der Waals surface area contributed by atoms with E-state index in [-0.39, 0.29) is 22.6 Å². The maximum atomic E-state index is 13.7. The molecule has 5 aromatic rings. The molecule has 0 spiro atoms. The summed E-state index contributed by atoms with van der Waals surface area (Å²) in [6.45, 7) is 4.08. The first-order chi connectivity index (χ1) is 22.8. The second-order valence-electron chi connectivity index (χ2n) is 11.5. The summed E-state index contributed by atoms with van der Waals surface area (Å²) in [5.41, 5.74) is 10.9. The van der Waals surface area contributed by atoms with Crippen molar-refractivity contribution in [1.29, 1.82) is 0 Å². The number of nitrogens with two attached hydrogens (primary N) is 1. The number of pyridine rings is 2. The van der Waals surface area contributed by atoms with E-state index in [0.29, 0.717) is 54.0 Å². The predicted molar refractivity (Wildman–Crippen MR) is 181 cm³/mol. The summed E-state index contributed by atoms with van der Waals surface area (Å²) in [7, 11) is 3.16. The van der Waals surface area contributed by atoms with E-state index >= 15 is 0 Å². The lowest BCUT2D eigenvalue weighted by molar-refractivity contribution is 0.0612. The van der Waals surface area contributed by atoms with E-state index < -0.39 is 5.91 Å². The number of methoxy groups -OCH3 is 2. The number of anilines is 2. The number of hydrogen-bond donors (Lipinski definition) is 2. The average molecular weight is 633 g/mol. The van der Waals surface area contributed by atoms with E-state index in [0.717, 1.165) is 35.1 Å². The minimum absolute atomic E-state index is 0.0251. The molecular formula is C36H36N6O5. The number of nitrogens with zero attached hydrogens (tertiary/aromatic N) is 4. The van der Waals surface area contributed by atoms with E-state index in [9.17, 15) is 9.59 Å². The molecule has 1 aliphatic heterocycles. The Hall–Kier alpha value is -5.55. The molecule has 0 bridgehead atoms. The van der Waals surface area contributed by atoms with Crippen molar-refractivity contribution in [3.63, 3.8) is 0 Å². The molecule has 6 rings (SSSR count). The Morgan fingerprint density at radius 2 is 1.64 bits per heavy atom. The Bertz CT molecular complexity index is 1950. The number of carbonyl (C=O) groups is 1. The van der Waals surface area contributed by atoms with Gasteiger partial charge in [-0.15, -0.1) is 0 Å². The van der Waals surface area contributed by atoms with Crippen LogP contribution < -0.4 is 26.0 Å². The maximum absolute atomic E-state index is 13.7. The van der Waals surface area contributed by atoms with Gasteiger partial charge in [-0.25, -0.2) is 9.97 Å². The molecule has 2 aromatic carbocycles. The van der Waals surface area contributed by atoms with Crippen LogP contribution in [0, 0.1) is 12.8 Å². The largest absolute Gasteiger partial charge is 0.493 e. The molecule has 11 nitrogen and oxygen atoms in total. The number of hydrogen-bond acceptors (Lipinski definition) is 9. The zero-order valence-electron chi connectivity index (χ0n) is 26.5. The number of carbonyl (C=O) groups excluding carboxylic acids is 1. The summed E-state index contributed by atoms with van der Waals surface area (Å²) in [5.74, 6) is 1.49. The van der Waals surface area contributed by atoms with Crippen molar-refractivity contribution in [3.05, 3.63) is 101 Å². The van der Waals surface area contributed by atoms with E-state index in [1.54, 1.807) is 26.6 Å². The zero-order valence-corrected chi connectivity index (χ0v) is 26.5. The van der Waals surface area contributed by atoms with Crippen molar-refractivity contribution in [2.45, 2.75) is 26.3 Å². The maximum Gasteiger partial charge on any atom is 0.262 e. The van der Waals surface area contributed by atoms with Gasteiger partial charge in [-0.3, -0.25) is 14.6 Å². The molecule has 0 saturated carbocycles. The number of ether oxygens (including phenoxy) is 3. The Morgan fingerprint density at radius 3 is 2.34 bits per heavy atom. The number of amides is 1. The van der Waals surface area contributed by atoms with E-state index in [4.69, 9.17) is 19.9 Å². The van der Waals surface area contributed by atoms with E-state index in [1.807, 2.05) is 66.2 Å². The van der Waals surface area contributed by atoms with Gasteiger partial charge in [0.25, 0.3) is 5.91 Å². The highest BCUT2D eigenvalue weighted by atomic mass is 16.5. The lowest BCUT2D eigenvalue weighted by Gasteiger charge is -2.23. The van der Waals surface area contributed by atoms with Crippen molar-refractivity contribution < 1.29 is 19.0 Å². The second kappa shape index (κ2) is 13.8. The van der Waals surface area contributed by atoms with Crippen LogP contribution in [0.5, 0.6) is 11.5 Å². The quantitative estimate of drug-likeness (QED) is 0.212. The molecule has 3 N–H and O–H groups in total. The summed E-state index contributed by atoms with van der Waals surface area (Å²) in [6.07, 6.45) is 9.91. The summed E-state index contributed by atoms with van der Waals surface area (Å²) in [6, 6.07) is 15.1. The van der Waals surface area contributed by atoms with Gasteiger partial charge < -0.3 is 29.8 Å². The third-order valence-electron chi connectivity index (χ3n) is 8.30. The van der Waals surface area contributed by atoms with Crippen LogP contribution in [-0.4, -0.2) is 52.9 Å². The molecule has 11 heteroatoms. The standard InChI is InChI=1S/C36H36N6O5/c1-22-4-6-24(7-5-22)28-20-42(19-23-10-12-47-13-11-23)21-29(34(28)43)36(44)41-33-18-38-30(17-39-33)27-14-26(16-40-35(27)37)25-8-9-31(45-2)32(15-25)46-3/h4-9,14-18,20-21,23H,10-13,19H2,1-3H3,(H2,37,40)(H,39,41,44). The highest BCUT2D eigenvalue weighted by Gasteiger charge is 2.20. The van der Waals surface area contributed by atoms with Crippen LogP contribution >= 0.6 is 0 Å². The fourth-order valence-electron chi connectivity index (χ4n) is 5.63. The third kappa shape index (κ3) is 7.00. The topological polar surface area (TPSA) is 143 Å². The SMILES string of the molecule is COc1ccc(-c2cnc(N)c(-c3cnc(NC(=O)c4cn(CC5CCOCC5)cc(-c5ccc(C)cc5)c4=O)cn3)c2)cc1OC. The Labute approximate surface area is 272 Å². The van der Waals surface area contributed by atoms with Gasteiger partial charge in [-0.1, -0.05) is 35.9 Å². The number of aromatic nitrogens is 4. The van der Waals surface area contributed by atoms with Gasteiger partial charge in [0.2, 0.25) is 5.43 Å². The van der Waals surface area contributed by atoms with Crippen molar-refractivity contribution in [3.8, 4) is 45.0 Å². The molecule has 4 heterocycles. The summed E-state index contributed by atoms with van der Waals surface area (Å²) >= 11 is 0. The van der Waals surface area contributed by atoms with Gasteiger partial charge >= 0.3 is 0 Å². The normalized spacial score (nSPS) is 13.3. The van der Waals surface area contributed by atoms with Crippen LogP contribution in [0.1, 0.15) is 28.8 Å². The van der Waals surface area contributed by atoms with Gasteiger partial charge in [-0.05, 0) is 55.0 Å². The fraction of sp³-hybridized carbons (Fsp3) is 0.250. The first-order valence-electron chi connectivity index (χ1n) is 15.3. The van der Waals surface area contributed by atoms with E-state index in [2.05, 4.69) is 20.3 Å². The molecule has 1 aliphatic rings. The predicted octanol–water partition coefficient (Wildman–Crippen LogP) is 5.62. The van der Waals surface area contributed by atoms with Crippen LogP contribution in [0.15, 0.2) is 84.3 Å². The zero-order chi connectivity index (χ0) is 32.9. The van der Waals surface area contributed by atoms with Crippen molar-refractivity contribution in [2.24, 2.45) is 5.92 Å². The van der Waals surface area contributed by atoms with Crippen LogP contribution in [0.25, 0.3) is 33.5 Å². The third-order valence-corrected chi connectivity index (χ3v) is 8.30. The lowest BCUT2D eigenvalue weighted by Crippen LogP contribution is -2.27. The number of benzene rings is 2. The van der Waals surface area contributed by atoms with E-state index in [1.165, 1.54) is 12.4 Å². The van der Waals surface area contributed by atoms with Crippen LogP contribution in [0.2, 0.25) is 0 Å². The van der Waals surface area contributed by atoms with Crippen LogP contribution in [0.3, 0.4) is 0 Å². The molecule has 0 aliphatic carbocycles.